The van der Waals surface area contributed by atoms with Gasteiger partial charge in [-0.15, -0.1) is 0 Å². The summed E-state index contributed by atoms with van der Waals surface area (Å²) in [5, 5.41) is 37.6. The Balaban J connectivity index is 1.08. The van der Waals surface area contributed by atoms with E-state index in [-0.39, 0.29) is 41.8 Å². The Labute approximate surface area is 387 Å². The van der Waals surface area contributed by atoms with Crippen molar-refractivity contribution in [3.63, 3.8) is 0 Å². The fourth-order valence-corrected chi connectivity index (χ4v) is 14.3. The lowest BCUT2D eigenvalue weighted by molar-refractivity contribution is -0.267. The predicted molar refractivity (Wildman–Crippen MR) is 255 cm³/mol. The van der Waals surface area contributed by atoms with Gasteiger partial charge in [0.25, 0.3) is 0 Å². The molecule has 3 unspecified atom stereocenters. The number of aliphatic hydroxyl groups is 3. The van der Waals surface area contributed by atoms with Crippen molar-refractivity contribution >= 4 is 24.1 Å². The number of carbonyl (C=O) groups excluding carboxylic acids is 2. The molecule has 3 aromatic carbocycles. The number of rotatable bonds is 13. The molecule has 0 saturated heterocycles. The summed E-state index contributed by atoms with van der Waals surface area (Å²) in [5.74, 6) is -0.876. The number of carbonyl (C=O) groups is 2. The van der Waals surface area contributed by atoms with Gasteiger partial charge < -0.3 is 29.5 Å². The molecule has 3 aromatic rings. The molecule has 65 heavy (non-hydrogen) atoms. The minimum Gasteiger partial charge on any atom is -0.462 e. The van der Waals surface area contributed by atoms with Crippen molar-refractivity contribution in [1.29, 1.82) is 0 Å². The molecule has 0 bridgehead atoms. The zero-order valence-electron chi connectivity index (χ0n) is 39.5. The quantitative estimate of drug-likeness (QED) is 0.0672. The predicted octanol–water partition coefficient (Wildman–Crippen LogP) is 10.2. The van der Waals surface area contributed by atoms with Gasteiger partial charge in [0.1, 0.15) is 6.61 Å². The Morgan fingerprint density at radius 3 is 1.89 bits per heavy atom. The lowest BCUT2D eigenvalue weighted by Gasteiger charge is -2.72. The highest BCUT2D eigenvalue weighted by molar-refractivity contribution is 5.87. The Kier molecular flexibility index (Phi) is 13.3. The maximum absolute atomic E-state index is 13.5. The first-order valence-electron chi connectivity index (χ1n) is 24.2. The summed E-state index contributed by atoms with van der Waals surface area (Å²) in [6.07, 6.45) is 12.2. The van der Waals surface area contributed by atoms with E-state index in [1.165, 1.54) is 23.3 Å². The van der Waals surface area contributed by atoms with E-state index in [1.807, 2.05) is 78.9 Å². The maximum Gasteiger partial charge on any atom is 0.330 e. The van der Waals surface area contributed by atoms with Crippen molar-refractivity contribution in [2.45, 2.75) is 124 Å². The normalized spacial score (nSPS) is 37.3. The standard InChI is InChI=1S/C57H72O8/c1-52(2)35-43-42-26-27-45-53(3)32-31-46(58)54(4,37-64-48(60)28-24-40-19-12-8-13-20-40)44(53)30-33-55(45,5)56(42,6)36-47(59)57(43,38-65-49(61)29-25-41-21-14-9-15-22-41)50(62)51(52)63-34-16-23-39-17-10-7-11-18-39/h7-15,17-22,24-26,28-29,43-47,50-51,58-59,62H,16,23,27,30-38H2,1-6H3/b28-24+,29-25+/t43?,44?,45?,46-,47+,50-,51-,53-,54+,55+,56+,57-/m0/s1. The van der Waals surface area contributed by atoms with Crippen molar-refractivity contribution in [3.05, 3.63) is 131 Å². The topological polar surface area (TPSA) is 123 Å². The first-order chi connectivity index (χ1) is 31.0. The van der Waals surface area contributed by atoms with Gasteiger partial charge in [0.05, 0.1) is 36.4 Å². The first kappa shape index (κ1) is 47.2. The molecular formula is C57H72O8. The zero-order valence-corrected chi connectivity index (χ0v) is 39.5. The van der Waals surface area contributed by atoms with Gasteiger partial charge >= 0.3 is 11.9 Å². The first-order valence-corrected chi connectivity index (χ1v) is 24.2. The Morgan fingerprint density at radius 2 is 1.28 bits per heavy atom. The van der Waals surface area contributed by atoms with Crippen molar-refractivity contribution in [2.24, 2.45) is 50.2 Å². The summed E-state index contributed by atoms with van der Waals surface area (Å²) in [4.78, 5) is 26.6. The molecule has 0 radical (unpaired) electrons. The Bertz CT molecular complexity index is 2240. The van der Waals surface area contributed by atoms with Crippen LogP contribution in [0.3, 0.4) is 0 Å². The van der Waals surface area contributed by atoms with Crippen LogP contribution >= 0.6 is 0 Å². The molecule has 0 amide bonds. The highest BCUT2D eigenvalue weighted by Crippen LogP contribution is 2.76. The van der Waals surface area contributed by atoms with Crippen molar-refractivity contribution in [2.75, 3.05) is 19.8 Å². The second kappa shape index (κ2) is 18.4. The molecular weight excluding hydrogens is 813 g/mol. The van der Waals surface area contributed by atoms with Crippen LogP contribution in [0.4, 0.5) is 0 Å². The Hall–Kier alpha value is -4.34. The van der Waals surface area contributed by atoms with Gasteiger partial charge in [0.2, 0.25) is 0 Å². The van der Waals surface area contributed by atoms with Crippen LogP contribution in [0.5, 0.6) is 0 Å². The van der Waals surface area contributed by atoms with Crippen LogP contribution < -0.4 is 0 Å². The van der Waals surface area contributed by atoms with E-state index in [1.54, 1.807) is 12.2 Å². The maximum atomic E-state index is 13.5. The van der Waals surface area contributed by atoms with Crippen molar-refractivity contribution in [3.8, 4) is 0 Å². The van der Waals surface area contributed by atoms with Crippen LogP contribution in [-0.2, 0) is 30.2 Å². The number of aliphatic hydroxyl groups excluding tert-OH is 3. The van der Waals surface area contributed by atoms with Gasteiger partial charge in [0, 0.05) is 24.2 Å². The molecule has 5 aliphatic rings. The van der Waals surface area contributed by atoms with Crippen LogP contribution in [-0.4, -0.2) is 71.5 Å². The molecule has 0 aromatic heterocycles. The largest absolute Gasteiger partial charge is 0.462 e. The van der Waals surface area contributed by atoms with E-state index < -0.39 is 58.0 Å². The van der Waals surface area contributed by atoms with Gasteiger partial charge in [-0.3, -0.25) is 0 Å². The van der Waals surface area contributed by atoms with Crippen LogP contribution in [0.15, 0.2) is 115 Å². The average molecular weight is 885 g/mol. The molecule has 8 heteroatoms. The Morgan fingerprint density at radius 1 is 0.692 bits per heavy atom. The van der Waals surface area contributed by atoms with Crippen LogP contribution in [0.1, 0.15) is 110 Å². The third kappa shape index (κ3) is 8.51. The molecule has 0 heterocycles. The van der Waals surface area contributed by atoms with E-state index in [9.17, 15) is 24.9 Å². The number of hydrogen-bond acceptors (Lipinski definition) is 8. The molecule has 4 fully saturated rings. The van der Waals surface area contributed by atoms with Gasteiger partial charge in [0.15, 0.2) is 0 Å². The molecule has 12 atom stereocenters. The minimum absolute atomic E-state index is 0.104. The third-order valence-corrected chi connectivity index (χ3v) is 18.0. The average Bonchev–Trinajstić information content (AvgIpc) is 3.29. The summed E-state index contributed by atoms with van der Waals surface area (Å²) in [7, 11) is 0. The third-order valence-electron chi connectivity index (χ3n) is 18.0. The van der Waals surface area contributed by atoms with E-state index in [0.717, 1.165) is 49.7 Å². The second-order valence-electron chi connectivity index (χ2n) is 22.0. The summed E-state index contributed by atoms with van der Waals surface area (Å²) < 4.78 is 18.8. The summed E-state index contributed by atoms with van der Waals surface area (Å²) in [5.41, 5.74) is 1.14. The van der Waals surface area contributed by atoms with Gasteiger partial charge in [-0.05, 0) is 126 Å². The fourth-order valence-electron chi connectivity index (χ4n) is 14.3. The summed E-state index contributed by atoms with van der Waals surface area (Å²) in [6, 6.07) is 29.6. The smallest absolute Gasteiger partial charge is 0.330 e. The van der Waals surface area contributed by atoms with Gasteiger partial charge in [-0.1, -0.05) is 144 Å². The molecule has 4 saturated carbocycles. The van der Waals surface area contributed by atoms with Crippen LogP contribution in [0.2, 0.25) is 0 Å². The number of hydrogen-bond donors (Lipinski definition) is 3. The number of fused-ring (bicyclic) bond motifs is 7. The van der Waals surface area contributed by atoms with Crippen LogP contribution in [0, 0.1) is 50.2 Å². The van der Waals surface area contributed by atoms with E-state index in [2.05, 4.69) is 59.8 Å². The SMILES string of the molecule is CC1(C)CC2C3=CCC4[C@@]5(C)CC[C@H](O)[C@](C)(COC(=O)/C=C/c6ccccc6)C5CC[C@@]4(C)[C@]3(C)C[C@@H](O)[C@@]2(COC(=O)/C=C/c2ccccc2)[C@@H](O)[C@@H]1OCCCc1ccccc1. The summed E-state index contributed by atoms with van der Waals surface area (Å²) in [6.45, 7) is 14.1. The fraction of sp³-hybridized carbons (Fsp3) is 0.544. The number of esters is 2. The van der Waals surface area contributed by atoms with E-state index >= 15 is 0 Å². The molecule has 0 spiro atoms. The number of aryl methyl sites for hydroxylation is 1. The van der Waals surface area contributed by atoms with E-state index in [0.29, 0.717) is 25.9 Å². The highest BCUT2D eigenvalue weighted by Gasteiger charge is 2.73. The molecule has 348 valence electrons. The number of allylic oxidation sites excluding steroid dienone is 2. The minimum atomic E-state index is -1.20. The van der Waals surface area contributed by atoms with Crippen LogP contribution in [0.25, 0.3) is 12.2 Å². The lowest BCUT2D eigenvalue weighted by Crippen LogP contribution is -2.72. The monoisotopic (exact) mass is 885 g/mol. The molecule has 8 nitrogen and oxygen atoms in total. The lowest BCUT2D eigenvalue weighted by atomic mass is 9.33. The van der Waals surface area contributed by atoms with Gasteiger partial charge in [-0.25, -0.2) is 9.59 Å². The molecule has 0 aliphatic heterocycles. The molecule has 5 aliphatic carbocycles. The van der Waals surface area contributed by atoms with Gasteiger partial charge in [-0.2, -0.15) is 0 Å². The highest BCUT2D eigenvalue weighted by atomic mass is 16.5. The second-order valence-corrected chi connectivity index (χ2v) is 22.0. The summed E-state index contributed by atoms with van der Waals surface area (Å²) >= 11 is 0. The van der Waals surface area contributed by atoms with Crippen molar-refractivity contribution < 1.29 is 39.1 Å². The van der Waals surface area contributed by atoms with E-state index in [4.69, 9.17) is 14.2 Å². The number of ether oxygens (including phenoxy) is 3. The number of benzene rings is 3. The zero-order chi connectivity index (χ0) is 46.3. The van der Waals surface area contributed by atoms with Crippen molar-refractivity contribution in [1.82, 2.24) is 0 Å². The molecule has 3 N–H and O–H groups in total. The molecule has 8 rings (SSSR count).